The summed E-state index contributed by atoms with van der Waals surface area (Å²) in [5, 5.41) is 5.19. The first-order valence-electron chi connectivity index (χ1n) is 10.6. The molecule has 172 valence electrons. The second-order valence-corrected chi connectivity index (χ2v) is 7.78. The lowest BCUT2D eigenvalue weighted by Gasteiger charge is -2.12. The van der Waals surface area contributed by atoms with Crippen LogP contribution in [0.1, 0.15) is 16.7 Å². The Morgan fingerprint density at radius 1 is 1.06 bits per heavy atom. The molecule has 0 atom stereocenters. The van der Waals surface area contributed by atoms with E-state index in [2.05, 4.69) is 10.6 Å². The Morgan fingerprint density at radius 2 is 1.79 bits per heavy atom. The van der Waals surface area contributed by atoms with Crippen LogP contribution in [0.3, 0.4) is 0 Å². The predicted octanol–water partition coefficient (Wildman–Crippen LogP) is 4.24. The van der Waals surface area contributed by atoms with E-state index in [0.717, 1.165) is 16.0 Å². The zero-order chi connectivity index (χ0) is 24.1. The number of carbonyl (C=O) groups is 3. The van der Waals surface area contributed by atoms with Crippen molar-refractivity contribution in [1.29, 1.82) is 0 Å². The minimum Gasteiger partial charge on any atom is -0.489 e. The van der Waals surface area contributed by atoms with Crippen LogP contribution in [0.15, 0.2) is 78.5 Å². The van der Waals surface area contributed by atoms with Gasteiger partial charge in [0.2, 0.25) is 5.91 Å². The lowest BCUT2D eigenvalue weighted by atomic mass is 10.2. The van der Waals surface area contributed by atoms with E-state index in [1.54, 1.807) is 54.6 Å². The monoisotopic (exact) mass is 459 g/mol. The quantitative estimate of drug-likeness (QED) is 0.409. The van der Waals surface area contributed by atoms with Gasteiger partial charge in [-0.15, -0.1) is 0 Å². The van der Waals surface area contributed by atoms with E-state index in [4.69, 9.17) is 4.74 Å². The van der Waals surface area contributed by atoms with E-state index >= 15 is 0 Å². The summed E-state index contributed by atoms with van der Waals surface area (Å²) in [5.41, 5.74) is 3.15. The fourth-order valence-corrected chi connectivity index (χ4v) is 3.36. The zero-order valence-corrected chi connectivity index (χ0v) is 18.4. The topological polar surface area (TPSA) is 87.7 Å². The van der Waals surface area contributed by atoms with Crippen LogP contribution in [0.2, 0.25) is 0 Å². The SMILES string of the molecule is Cc1cccc(NC(=O)CN2C(=O)N/C(=C/c3ccc(OCc4ccc(F)cc4)cc3)C2=O)c1. The Balaban J connectivity index is 1.35. The molecule has 2 N–H and O–H groups in total. The molecule has 1 aliphatic heterocycles. The highest BCUT2D eigenvalue weighted by atomic mass is 19.1. The molecule has 3 aromatic carbocycles. The number of hydrogen-bond donors (Lipinski definition) is 2. The van der Waals surface area contributed by atoms with E-state index in [-0.39, 0.29) is 18.1 Å². The molecule has 1 saturated heterocycles. The van der Waals surface area contributed by atoms with Crippen molar-refractivity contribution in [3.63, 3.8) is 0 Å². The first-order valence-corrected chi connectivity index (χ1v) is 10.6. The Kier molecular flexibility index (Phi) is 6.68. The van der Waals surface area contributed by atoms with Gasteiger partial charge in [0.1, 0.15) is 30.4 Å². The molecule has 4 rings (SSSR count). The summed E-state index contributed by atoms with van der Waals surface area (Å²) in [6, 6.07) is 19.5. The van der Waals surface area contributed by atoms with E-state index in [1.807, 2.05) is 13.0 Å². The van der Waals surface area contributed by atoms with Crippen molar-refractivity contribution < 1.29 is 23.5 Å². The summed E-state index contributed by atoms with van der Waals surface area (Å²) >= 11 is 0. The van der Waals surface area contributed by atoms with Gasteiger partial charge in [0.15, 0.2) is 0 Å². The van der Waals surface area contributed by atoms with Crippen LogP contribution in [0.4, 0.5) is 14.9 Å². The van der Waals surface area contributed by atoms with Gasteiger partial charge in [-0.1, -0.05) is 36.4 Å². The standard InChI is InChI=1S/C26H22FN3O4/c1-17-3-2-4-21(13-17)28-24(31)15-30-25(32)23(29-26(30)33)14-18-7-11-22(12-8-18)34-16-19-5-9-20(27)10-6-19/h2-14H,15-16H2,1H3,(H,28,31)(H,29,33)/b23-14+. The summed E-state index contributed by atoms with van der Waals surface area (Å²) < 4.78 is 18.7. The number of carbonyl (C=O) groups excluding carboxylic acids is 3. The van der Waals surface area contributed by atoms with Crippen molar-refractivity contribution in [1.82, 2.24) is 10.2 Å². The normalized spacial score (nSPS) is 14.3. The van der Waals surface area contributed by atoms with Gasteiger partial charge in [-0.3, -0.25) is 9.59 Å². The molecular weight excluding hydrogens is 437 g/mol. The van der Waals surface area contributed by atoms with Crippen molar-refractivity contribution in [2.75, 3.05) is 11.9 Å². The number of nitrogens with zero attached hydrogens (tertiary/aromatic N) is 1. The van der Waals surface area contributed by atoms with Gasteiger partial charge in [-0.2, -0.15) is 0 Å². The van der Waals surface area contributed by atoms with Crippen LogP contribution in [0.25, 0.3) is 6.08 Å². The molecule has 0 radical (unpaired) electrons. The fourth-order valence-electron chi connectivity index (χ4n) is 3.36. The van der Waals surface area contributed by atoms with Gasteiger partial charge in [0.05, 0.1) is 0 Å². The maximum absolute atomic E-state index is 13.0. The smallest absolute Gasteiger partial charge is 0.329 e. The maximum Gasteiger partial charge on any atom is 0.329 e. The molecule has 0 spiro atoms. The number of aryl methyl sites for hydroxylation is 1. The number of halogens is 1. The van der Waals surface area contributed by atoms with E-state index in [9.17, 15) is 18.8 Å². The molecule has 8 heteroatoms. The van der Waals surface area contributed by atoms with Crippen LogP contribution in [0, 0.1) is 12.7 Å². The van der Waals surface area contributed by atoms with Crippen molar-refractivity contribution in [2.45, 2.75) is 13.5 Å². The summed E-state index contributed by atoms with van der Waals surface area (Å²) in [4.78, 5) is 38.1. The molecule has 4 amide bonds. The van der Waals surface area contributed by atoms with Gasteiger partial charge >= 0.3 is 6.03 Å². The lowest BCUT2D eigenvalue weighted by Crippen LogP contribution is -2.38. The Bertz CT molecular complexity index is 1250. The van der Waals surface area contributed by atoms with E-state index < -0.39 is 24.4 Å². The van der Waals surface area contributed by atoms with Gasteiger partial charge in [-0.25, -0.2) is 14.1 Å². The Labute approximate surface area is 195 Å². The van der Waals surface area contributed by atoms with Gasteiger partial charge in [0, 0.05) is 5.69 Å². The molecule has 1 aliphatic rings. The largest absolute Gasteiger partial charge is 0.489 e. The third-order valence-corrected chi connectivity index (χ3v) is 5.08. The number of imide groups is 1. The minimum atomic E-state index is -0.658. The molecular formula is C26H22FN3O4. The minimum absolute atomic E-state index is 0.0772. The molecule has 0 bridgehead atoms. The Morgan fingerprint density at radius 3 is 2.50 bits per heavy atom. The number of amides is 4. The Hall–Kier alpha value is -4.46. The highest BCUT2D eigenvalue weighted by molar-refractivity contribution is 6.15. The first kappa shape index (κ1) is 22.7. The zero-order valence-electron chi connectivity index (χ0n) is 18.4. The number of ether oxygens (including phenoxy) is 1. The molecule has 0 aromatic heterocycles. The highest BCUT2D eigenvalue weighted by Gasteiger charge is 2.34. The molecule has 1 heterocycles. The number of rotatable bonds is 7. The molecule has 1 fully saturated rings. The third kappa shape index (κ3) is 5.66. The van der Waals surface area contributed by atoms with Crippen molar-refractivity contribution >= 4 is 29.6 Å². The summed E-state index contributed by atoms with van der Waals surface area (Å²) in [7, 11) is 0. The average molecular weight is 459 g/mol. The molecule has 0 aliphatic carbocycles. The van der Waals surface area contributed by atoms with E-state index in [1.165, 1.54) is 18.2 Å². The maximum atomic E-state index is 13.0. The molecule has 0 unspecified atom stereocenters. The van der Waals surface area contributed by atoms with Crippen molar-refractivity contribution in [3.05, 3.63) is 101 Å². The number of anilines is 1. The lowest BCUT2D eigenvalue weighted by molar-refractivity contribution is -0.127. The number of hydrogen-bond acceptors (Lipinski definition) is 4. The van der Waals surface area contributed by atoms with E-state index in [0.29, 0.717) is 17.0 Å². The van der Waals surface area contributed by atoms with Gasteiger partial charge in [0.25, 0.3) is 5.91 Å². The first-order chi connectivity index (χ1) is 16.4. The second-order valence-electron chi connectivity index (χ2n) is 7.78. The van der Waals surface area contributed by atoms with Crippen LogP contribution < -0.4 is 15.4 Å². The number of urea groups is 1. The van der Waals surface area contributed by atoms with Crippen LogP contribution in [-0.4, -0.2) is 29.3 Å². The number of nitrogens with one attached hydrogen (secondary N) is 2. The summed E-state index contributed by atoms with van der Waals surface area (Å²) in [5.74, 6) is -0.762. The molecule has 34 heavy (non-hydrogen) atoms. The molecule has 3 aromatic rings. The van der Waals surface area contributed by atoms with Gasteiger partial charge in [-0.05, 0) is 66.1 Å². The average Bonchev–Trinajstić information content (AvgIpc) is 3.07. The predicted molar refractivity (Wildman–Crippen MR) is 125 cm³/mol. The van der Waals surface area contributed by atoms with Gasteiger partial charge < -0.3 is 15.4 Å². The summed E-state index contributed by atoms with van der Waals surface area (Å²) in [6.07, 6.45) is 1.53. The van der Waals surface area contributed by atoms with Crippen molar-refractivity contribution in [2.24, 2.45) is 0 Å². The third-order valence-electron chi connectivity index (χ3n) is 5.08. The molecule has 7 nitrogen and oxygen atoms in total. The highest BCUT2D eigenvalue weighted by Crippen LogP contribution is 2.19. The number of benzene rings is 3. The van der Waals surface area contributed by atoms with Crippen LogP contribution >= 0.6 is 0 Å². The molecule has 0 saturated carbocycles. The van der Waals surface area contributed by atoms with Crippen LogP contribution in [-0.2, 0) is 16.2 Å². The van der Waals surface area contributed by atoms with Crippen molar-refractivity contribution in [3.8, 4) is 5.75 Å². The fraction of sp³-hybridized carbons (Fsp3) is 0.115. The second kappa shape index (κ2) is 9.99. The van der Waals surface area contributed by atoms with Crippen LogP contribution in [0.5, 0.6) is 5.75 Å². The summed E-state index contributed by atoms with van der Waals surface area (Å²) in [6.45, 7) is 1.79.